The lowest BCUT2D eigenvalue weighted by molar-refractivity contribution is -1.91. The summed E-state index contributed by atoms with van der Waals surface area (Å²) in [6.45, 7) is 3.49. The molecule has 2 aromatic carbocycles. The Balaban J connectivity index is 2.21. The number of rotatable bonds is 6. The number of nitrogens with one attached hydrogen (secondary N) is 1. The van der Waals surface area contributed by atoms with Gasteiger partial charge in [-0.15, -0.1) is 0 Å². The molecule has 1 N–H and O–H groups in total. The molecule has 0 amide bonds. The molecule has 0 saturated carbocycles. The highest BCUT2D eigenvalue weighted by Gasteiger charge is 2.28. The minimum atomic E-state index is -4.55. The normalized spacial score (nSPS) is 16.0. The van der Waals surface area contributed by atoms with Crippen molar-refractivity contribution in [1.29, 1.82) is 0 Å². The van der Waals surface area contributed by atoms with Crippen LogP contribution in [0, 0.1) is 21.7 Å². The average Bonchev–Trinajstić information content (AvgIpc) is 2.55. The van der Waals surface area contributed by atoms with Crippen molar-refractivity contribution in [3.05, 3.63) is 57.3 Å². The molecule has 0 bridgehead atoms. The van der Waals surface area contributed by atoms with Gasteiger partial charge in [-0.2, -0.15) is 14.0 Å². The van der Waals surface area contributed by atoms with Crippen LogP contribution in [0.5, 0.6) is 0 Å². The maximum atomic E-state index is 11.3. The van der Waals surface area contributed by atoms with Gasteiger partial charge in [0.15, 0.2) is 0 Å². The highest BCUT2D eigenvalue weighted by Crippen LogP contribution is 2.38. The van der Waals surface area contributed by atoms with Crippen molar-refractivity contribution in [2.45, 2.75) is 11.8 Å². The van der Waals surface area contributed by atoms with E-state index in [9.17, 15) is 14.0 Å². The predicted octanol–water partition coefficient (Wildman–Crippen LogP) is -0.481. The number of fused-ring (bicyclic) bond motifs is 2. The number of aryl methyl sites for hydroxylation is 1. The molecular formula is C18H21ClN2O4S. The van der Waals surface area contributed by atoms with Crippen LogP contribution in [0.15, 0.2) is 41.3 Å². The first-order valence-corrected chi connectivity index (χ1v) is 10.5. The van der Waals surface area contributed by atoms with E-state index < -0.39 is 21.0 Å². The smallest absolute Gasteiger partial charge is 0.148 e. The number of benzene rings is 2. The minimum absolute atomic E-state index is 0.695. The Labute approximate surface area is 157 Å². The van der Waals surface area contributed by atoms with E-state index in [-0.39, 0.29) is 0 Å². The van der Waals surface area contributed by atoms with Gasteiger partial charge >= 0.3 is 0 Å². The first-order chi connectivity index (χ1) is 12.3. The summed E-state index contributed by atoms with van der Waals surface area (Å²) in [6, 6.07) is 11.3. The molecule has 0 aliphatic carbocycles. The van der Waals surface area contributed by atoms with Crippen LogP contribution in [0.1, 0.15) is 11.1 Å². The predicted molar refractivity (Wildman–Crippen MR) is 93.6 cm³/mol. The molecule has 1 aliphatic heterocycles. The Kier molecular flexibility index (Phi) is 5.69. The quantitative estimate of drug-likeness (QED) is 0.663. The van der Waals surface area contributed by atoms with Gasteiger partial charge in [0.2, 0.25) is 0 Å². The zero-order chi connectivity index (χ0) is 18.9. The Morgan fingerprint density at radius 3 is 2.54 bits per heavy atom. The van der Waals surface area contributed by atoms with Gasteiger partial charge in [-0.05, 0) is 50.4 Å². The summed E-state index contributed by atoms with van der Waals surface area (Å²) in [5, 5.41) is 4.26. The molecule has 1 heterocycles. The lowest BCUT2D eigenvalue weighted by Gasteiger charge is -2.19. The van der Waals surface area contributed by atoms with E-state index in [2.05, 4.69) is 10.2 Å². The highest BCUT2D eigenvalue weighted by molar-refractivity contribution is 8.05. The van der Waals surface area contributed by atoms with Crippen LogP contribution in [0.2, 0.25) is 0 Å². The fourth-order valence-electron chi connectivity index (χ4n) is 2.84. The largest absolute Gasteiger partial charge is 0.383 e. The van der Waals surface area contributed by atoms with Crippen LogP contribution >= 0.6 is 10.8 Å². The Hall–Kier alpha value is -1.45. The molecule has 0 aromatic heterocycles. The molecule has 0 saturated heterocycles. The van der Waals surface area contributed by atoms with Crippen LogP contribution in [0.25, 0.3) is 6.08 Å². The second-order valence-electron chi connectivity index (χ2n) is 6.29. The van der Waals surface area contributed by atoms with Crippen molar-refractivity contribution in [2.24, 2.45) is 0 Å². The SMILES string of the molecule is Cc1ccc(NCCN(C)C)c2c1=S(O[Cl+3]([O-])([O-])[O-])c1ccccc1C=2. The monoisotopic (exact) mass is 396 g/mol. The number of anilines is 1. The Morgan fingerprint density at radius 1 is 1.12 bits per heavy atom. The number of nitrogens with zero attached hydrogens (tertiary/aromatic N) is 1. The summed E-state index contributed by atoms with van der Waals surface area (Å²) in [6.07, 6.45) is 2.01. The minimum Gasteiger partial charge on any atom is -0.383 e. The average molecular weight is 397 g/mol. The van der Waals surface area contributed by atoms with E-state index >= 15 is 0 Å². The van der Waals surface area contributed by atoms with Crippen LogP contribution in [-0.2, 0) is 3.74 Å². The van der Waals surface area contributed by atoms with Crippen molar-refractivity contribution >= 4 is 22.5 Å². The van der Waals surface area contributed by atoms with Crippen LogP contribution < -0.4 is 24.5 Å². The number of hydrogen-bond acceptors (Lipinski definition) is 6. The third kappa shape index (κ3) is 4.27. The summed E-state index contributed by atoms with van der Waals surface area (Å²) in [4.78, 5) is 2.77. The fourth-order valence-corrected chi connectivity index (χ4v) is 5.48. The molecule has 0 fully saturated rings. The highest BCUT2D eigenvalue weighted by atomic mass is 35.7. The summed E-state index contributed by atoms with van der Waals surface area (Å²) in [7, 11) is -1.85. The van der Waals surface area contributed by atoms with Gasteiger partial charge in [0.25, 0.3) is 0 Å². The second kappa shape index (κ2) is 7.66. The molecule has 8 heteroatoms. The van der Waals surface area contributed by atoms with Crippen LogP contribution in [-0.4, -0.2) is 32.1 Å². The van der Waals surface area contributed by atoms with Crippen molar-refractivity contribution in [1.82, 2.24) is 4.90 Å². The zero-order valence-corrected chi connectivity index (χ0v) is 16.4. The van der Waals surface area contributed by atoms with Gasteiger partial charge in [0, 0.05) is 24.0 Å². The van der Waals surface area contributed by atoms with Crippen molar-refractivity contribution in [3.63, 3.8) is 0 Å². The molecule has 0 radical (unpaired) electrons. The molecule has 2 aromatic rings. The lowest BCUT2D eigenvalue weighted by Crippen LogP contribution is -2.60. The molecule has 0 spiro atoms. The van der Waals surface area contributed by atoms with Crippen LogP contribution in [0.4, 0.5) is 5.69 Å². The molecule has 1 unspecified atom stereocenters. The first-order valence-electron chi connectivity index (χ1n) is 8.07. The number of hydrogen-bond donors (Lipinski definition) is 1. The molecule has 26 heavy (non-hydrogen) atoms. The molecule has 3 rings (SSSR count). The van der Waals surface area contributed by atoms with E-state index in [0.29, 0.717) is 4.90 Å². The van der Waals surface area contributed by atoms with Crippen molar-refractivity contribution in [2.75, 3.05) is 32.5 Å². The van der Waals surface area contributed by atoms with E-state index in [1.807, 2.05) is 57.4 Å². The van der Waals surface area contributed by atoms with Gasteiger partial charge in [-0.3, -0.25) is 0 Å². The van der Waals surface area contributed by atoms with Crippen molar-refractivity contribution < 1.29 is 28.0 Å². The maximum Gasteiger partial charge on any atom is 0.148 e. The van der Waals surface area contributed by atoms with Gasteiger partial charge in [0.05, 0.1) is 19.6 Å². The summed E-state index contributed by atoms with van der Waals surface area (Å²) >= 11 is 0. The summed E-state index contributed by atoms with van der Waals surface area (Å²) in [5.74, 6) is 0. The Bertz CT molecular complexity index is 941. The van der Waals surface area contributed by atoms with Gasteiger partial charge < -0.3 is 10.2 Å². The molecule has 140 valence electrons. The summed E-state index contributed by atoms with van der Waals surface area (Å²) in [5.41, 5.74) is 2.62. The fraction of sp³-hybridized carbons (Fsp3) is 0.278. The maximum absolute atomic E-state index is 11.3. The van der Waals surface area contributed by atoms with Crippen molar-refractivity contribution in [3.8, 4) is 0 Å². The van der Waals surface area contributed by atoms with Gasteiger partial charge in [-0.25, -0.2) is 0 Å². The van der Waals surface area contributed by atoms with E-state index in [1.165, 1.54) is 0 Å². The van der Waals surface area contributed by atoms with E-state index in [1.54, 1.807) is 6.07 Å². The molecular weight excluding hydrogens is 376 g/mol. The van der Waals surface area contributed by atoms with E-state index in [4.69, 9.17) is 3.74 Å². The lowest BCUT2D eigenvalue weighted by atomic mass is 10.1. The summed E-state index contributed by atoms with van der Waals surface area (Å²) < 4.78 is 39.7. The van der Waals surface area contributed by atoms with Crippen LogP contribution in [0.3, 0.4) is 0 Å². The first kappa shape index (κ1) is 19.3. The number of likely N-dealkylation sites (N-methyl/N-ethyl adjacent to an activating group) is 1. The standard InChI is InChI=1S/C18H21ClN2O4S/c1-13-8-9-16(20-10-11-21(2)3)15-12-14-6-4-5-7-17(14)26(18(13)15)25-19(22,23)24/h4-9,12,20H,10-11H2,1-3H3. The number of halogens is 1. The van der Waals surface area contributed by atoms with Gasteiger partial charge in [-0.1, -0.05) is 24.3 Å². The molecule has 1 aliphatic rings. The molecule has 1 atom stereocenters. The van der Waals surface area contributed by atoms with E-state index in [0.717, 1.165) is 39.6 Å². The third-order valence-electron chi connectivity index (χ3n) is 4.01. The van der Waals surface area contributed by atoms with Gasteiger partial charge in [0.1, 0.15) is 14.5 Å². The second-order valence-corrected chi connectivity index (χ2v) is 8.94. The zero-order valence-electron chi connectivity index (χ0n) is 14.8. The topological polar surface area (TPSA) is 93.7 Å². The third-order valence-corrected chi connectivity index (χ3v) is 6.82. The Morgan fingerprint density at radius 2 is 1.85 bits per heavy atom. The molecule has 6 nitrogen and oxygen atoms in total.